The number of fused-ring (bicyclic) bond motifs is 2. The lowest BCUT2D eigenvalue weighted by Gasteiger charge is -2.48. The highest BCUT2D eigenvalue weighted by atomic mass is 15.4. The second-order valence-corrected chi connectivity index (χ2v) is 6.46. The quantitative estimate of drug-likeness (QED) is 0.729. The predicted molar refractivity (Wildman–Crippen MR) is 67.9 cm³/mol. The molecule has 1 aliphatic carbocycles. The highest BCUT2D eigenvalue weighted by Gasteiger charge is 2.55. The Morgan fingerprint density at radius 3 is 2.29 bits per heavy atom. The topological polar surface area (TPSA) is 44.9 Å². The van der Waals surface area contributed by atoms with Crippen LogP contribution in [0.1, 0.15) is 38.5 Å². The summed E-state index contributed by atoms with van der Waals surface area (Å²) in [5.41, 5.74) is 6.43. The summed E-state index contributed by atoms with van der Waals surface area (Å²) < 4.78 is 0. The molecule has 2 saturated heterocycles. The van der Waals surface area contributed by atoms with Crippen molar-refractivity contribution < 1.29 is 0 Å². The summed E-state index contributed by atoms with van der Waals surface area (Å²) in [5, 5.41) is 0. The summed E-state index contributed by atoms with van der Waals surface area (Å²) in [7, 11) is 2.30. The van der Waals surface area contributed by atoms with Crippen LogP contribution >= 0.6 is 0 Å². The minimum atomic E-state index is 0.295. The zero-order chi connectivity index (χ0) is 11.6. The molecule has 0 aromatic heterocycles. The van der Waals surface area contributed by atoms with Gasteiger partial charge in [-0.15, -0.1) is 0 Å². The van der Waals surface area contributed by atoms with Crippen LogP contribution in [0.15, 0.2) is 4.99 Å². The molecule has 2 unspecified atom stereocenters. The molecule has 0 radical (unpaired) electrons. The van der Waals surface area contributed by atoms with Crippen molar-refractivity contribution in [3.05, 3.63) is 0 Å². The van der Waals surface area contributed by atoms with Gasteiger partial charge in [0.05, 0.1) is 12.1 Å². The molecule has 4 rings (SSSR count). The third-order valence-corrected chi connectivity index (χ3v) is 5.42. The Bertz CT molecular complexity index is 360. The molecule has 4 aliphatic rings. The number of guanidine groups is 1. The molecule has 94 valence electrons. The van der Waals surface area contributed by atoms with Crippen LogP contribution in [0.4, 0.5) is 0 Å². The molecule has 2 atom stereocenters. The van der Waals surface area contributed by atoms with Gasteiger partial charge in [0, 0.05) is 18.1 Å². The first-order valence-corrected chi connectivity index (χ1v) is 7.01. The van der Waals surface area contributed by atoms with E-state index < -0.39 is 0 Å². The van der Waals surface area contributed by atoms with E-state index in [1.807, 2.05) is 0 Å². The number of nitrogens with two attached hydrogens (primary N) is 1. The molecule has 2 bridgehead atoms. The number of piperidine rings is 1. The van der Waals surface area contributed by atoms with E-state index in [1.165, 1.54) is 38.5 Å². The maximum Gasteiger partial charge on any atom is 0.192 e. The largest absolute Gasteiger partial charge is 0.370 e. The summed E-state index contributed by atoms with van der Waals surface area (Å²) in [6.07, 6.45) is 7.95. The van der Waals surface area contributed by atoms with Crippen molar-refractivity contribution in [2.45, 2.75) is 62.2 Å². The van der Waals surface area contributed by atoms with Crippen LogP contribution in [-0.4, -0.2) is 53.0 Å². The molecule has 1 saturated carbocycles. The molecule has 0 aromatic carbocycles. The summed E-state index contributed by atoms with van der Waals surface area (Å²) in [6.45, 7) is 0.955. The molecule has 3 aliphatic heterocycles. The van der Waals surface area contributed by atoms with Crippen molar-refractivity contribution in [3.63, 3.8) is 0 Å². The molecule has 17 heavy (non-hydrogen) atoms. The first-order chi connectivity index (χ1) is 8.20. The fraction of sp³-hybridized carbons (Fsp3) is 0.923. The van der Waals surface area contributed by atoms with Gasteiger partial charge < -0.3 is 15.5 Å². The third kappa shape index (κ3) is 1.30. The second kappa shape index (κ2) is 3.16. The van der Waals surface area contributed by atoms with Crippen LogP contribution in [0, 0.1) is 0 Å². The van der Waals surface area contributed by atoms with E-state index in [4.69, 9.17) is 5.73 Å². The molecule has 4 heteroatoms. The molecule has 2 N–H and O–H groups in total. The lowest BCUT2D eigenvalue weighted by atomic mass is 9.82. The molecule has 0 aromatic rings. The molecule has 0 amide bonds. The Balaban J connectivity index is 1.65. The van der Waals surface area contributed by atoms with Gasteiger partial charge in [-0.05, 0) is 45.6 Å². The Kier molecular flexibility index (Phi) is 1.89. The average Bonchev–Trinajstić information content (AvgIpc) is 3.04. The summed E-state index contributed by atoms with van der Waals surface area (Å²) in [4.78, 5) is 9.69. The first-order valence-electron chi connectivity index (χ1n) is 7.01. The molecule has 3 heterocycles. The minimum absolute atomic E-state index is 0.295. The van der Waals surface area contributed by atoms with Gasteiger partial charge in [0.2, 0.25) is 0 Å². The lowest BCUT2D eigenvalue weighted by Crippen LogP contribution is -2.60. The zero-order valence-electron chi connectivity index (χ0n) is 10.6. The van der Waals surface area contributed by atoms with E-state index in [9.17, 15) is 0 Å². The van der Waals surface area contributed by atoms with Crippen LogP contribution < -0.4 is 5.73 Å². The maximum atomic E-state index is 6.13. The summed E-state index contributed by atoms with van der Waals surface area (Å²) in [5.74, 6) is 0.830. The second-order valence-electron chi connectivity index (χ2n) is 6.46. The van der Waals surface area contributed by atoms with Gasteiger partial charge in [-0.3, -0.25) is 4.99 Å². The number of aliphatic imine (C=N–C) groups is 1. The molecular weight excluding hydrogens is 212 g/mol. The van der Waals surface area contributed by atoms with Crippen molar-refractivity contribution >= 4 is 5.96 Å². The fourth-order valence-electron chi connectivity index (χ4n) is 4.40. The Labute approximate surface area is 103 Å². The van der Waals surface area contributed by atoms with Crippen molar-refractivity contribution in [1.29, 1.82) is 0 Å². The fourth-order valence-corrected chi connectivity index (χ4v) is 4.40. The molecule has 4 nitrogen and oxygen atoms in total. The van der Waals surface area contributed by atoms with Crippen molar-refractivity contribution in [2.24, 2.45) is 10.7 Å². The predicted octanol–water partition coefficient (Wildman–Crippen LogP) is 0.774. The van der Waals surface area contributed by atoms with E-state index in [0.717, 1.165) is 24.6 Å². The highest BCUT2D eigenvalue weighted by molar-refractivity contribution is 5.81. The molecule has 1 spiro atoms. The standard InChI is InChI=1S/C13H22N4/c1-16-10-4-5-11(16)7-13(6-10)8-15-12(14)17(13)9-2-3-9/h9-11H,2-8H2,1H3,(H2,14,15). The normalized spacial score (nSPS) is 45.7. The van der Waals surface area contributed by atoms with E-state index in [0.29, 0.717) is 11.6 Å². The lowest BCUT2D eigenvalue weighted by molar-refractivity contribution is 0.0466. The van der Waals surface area contributed by atoms with Crippen LogP contribution in [0.5, 0.6) is 0 Å². The van der Waals surface area contributed by atoms with Gasteiger partial charge in [0.1, 0.15) is 0 Å². The van der Waals surface area contributed by atoms with E-state index in [2.05, 4.69) is 21.8 Å². The highest BCUT2D eigenvalue weighted by Crippen LogP contribution is 2.47. The zero-order valence-corrected chi connectivity index (χ0v) is 10.6. The summed E-state index contributed by atoms with van der Waals surface area (Å²) >= 11 is 0. The van der Waals surface area contributed by atoms with Crippen LogP contribution in [0.25, 0.3) is 0 Å². The van der Waals surface area contributed by atoms with Gasteiger partial charge in [-0.1, -0.05) is 0 Å². The van der Waals surface area contributed by atoms with Gasteiger partial charge in [0.25, 0.3) is 0 Å². The maximum absolute atomic E-state index is 6.13. The Morgan fingerprint density at radius 2 is 1.71 bits per heavy atom. The third-order valence-electron chi connectivity index (χ3n) is 5.42. The van der Waals surface area contributed by atoms with Gasteiger partial charge >= 0.3 is 0 Å². The minimum Gasteiger partial charge on any atom is -0.370 e. The van der Waals surface area contributed by atoms with Crippen molar-refractivity contribution in [1.82, 2.24) is 9.80 Å². The number of hydrogen-bond acceptors (Lipinski definition) is 4. The molecule has 3 fully saturated rings. The van der Waals surface area contributed by atoms with E-state index in [1.54, 1.807) is 0 Å². The van der Waals surface area contributed by atoms with Gasteiger partial charge in [-0.25, -0.2) is 0 Å². The smallest absolute Gasteiger partial charge is 0.192 e. The van der Waals surface area contributed by atoms with E-state index in [-0.39, 0.29) is 0 Å². The van der Waals surface area contributed by atoms with E-state index >= 15 is 0 Å². The number of rotatable bonds is 1. The number of nitrogens with zero attached hydrogens (tertiary/aromatic N) is 3. The van der Waals surface area contributed by atoms with Crippen molar-refractivity contribution in [2.75, 3.05) is 13.6 Å². The van der Waals surface area contributed by atoms with Crippen LogP contribution in [0.3, 0.4) is 0 Å². The van der Waals surface area contributed by atoms with Crippen LogP contribution in [0.2, 0.25) is 0 Å². The van der Waals surface area contributed by atoms with Gasteiger partial charge in [0.15, 0.2) is 5.96 Å². The number of hydrogen-bond donors (Lipinski definition) is 1. The Morgan fingerprint density at radius 1 is 1.12 bits per heavy atom. The van der Waals surface area contributed by atoms with Crippen LogP contribution in [-0.2, 0) is 0 Å². The SMILES string of the molecule is CN1C2CCC1CC1(CN=C(N)N1C1CC1)C2. The molecular formula is C13H22N4. The van der Waals surface area contributed by atoms with Gasteiger partial charge in [-0.2, -0.15) is 0 Å². The average molecular weight is 234 g/mol. The first kappa shape index (κ1) is 10.2. The van der Waals surface area contributed by atoms with Crippen molar-refractivity contribution in [3.8, 4) is 0 Å². The summed E-state index contributed by atoms with van der Waals surface area (Å²) in [6, 6.07) is 2.26. The Hall–Kier alpha value is -0.770. The monoisotopic (exact) mass is 234 g/mol.